The van der Waals surface area contributed by atoms with E-state index in [1.165, 1.54) is 5.56 Å². The maximum Gasteiger partial charge on any atom is 0.228 e. The summed E-state index contributed by atoms with van der Waals surface area (Å²) in [6, 6.07) is 10.6. The minimum absolute atomic E-state index is 0.139. The highest BCUT2D eigenvalue weighted by atomic mass is 32.1. The standard InChI is InChI=1S/C22H26N4OS2/c1-3-23-21-25-19(15-29-21)22(17-7-5-4-6-8-17)9-11-26(12-10-22)20(27)13-18-14-28-16(2)24-18/h4-8,14-15H,3,9-13H2,1-2H3,(H,23,25). The minimum atomic E-state index is -0.139. The predicted octanol–water partition coefficient (Wildman–Crippen LogP) is 4.49. The maximum atomic E-state index is 12.8. The minimum Gasteiger partial charge on any atom is -0.362 e. The first-order valence-electron chi connectivity index (χ1n) is 10.0. The van der Waals surface area contributed by atoms with Gasteiger partial charge < -0.3 is 10.2 Å². The molecule has 0 unspecified atom stereocenters. The summed E-state index contributed by atoms with van der Waals surface area (Å²) < 4.78 is 0. The Morgan fingerprint density at radius 3 is 2.55 bits per heavy atom. The molecule has 1 amide bonds. The smallest absolute Gasteiger partial charge is 0.228 e. The summed E-state index contributed by atoms with van der Waals surface area (Å²) in [5.74, 6) is 0.170. The molecule has 1 saturated heterocycles. The number of rotatable bonds is 6. The van der Waals surface area contributed by atoms with E-state index >= 15 is 0 Å². The highest BCUT2D eigenvalue weighted by Gasteiger charge is 2.40. The van der Waals surface area contributed by atoms with E-state index in [4.69, 9.17) is 4.98 Å². The lowest BCUT2D eigenvalue weighted by Gasteiger charge is -2.41. The van der Waals surface area contributed by atoms with E-state index in [0.29, 0.717) is 6.42 Å². The van der Waals surface area contributed by atoms with E-state index in [1.54, 1.807) is 22.7 Å². The van der Waals surface area contributed by atoms with Gasteiger partial charge in [-0.2, -0.15) is 0 Å². The van der Waals surface area contributed by atoms with E-state index in [9.17, 15) is 4.79 Å². The van der Waals surface area contributed by atoms with Gasteiger partial charge in [0.2, 0.25) is 5.91 Å². The summed E-state index contributed by atoms with van der Waals surface area (Å²) in [5, 5.41) is 9.48. The quantitative estimate of drug-likeness (QED) is 0.631. The van der Waals surface area contributed by atoms with Gasteiger partial charge in [-0.15, -0.1) is 22.7 Å². The Hall–Kier alpha value is -2.25. The van der Waals surface area contributed by atoms with Crippen LogP contribution in [0, 0.1) is 6.92 Å². The lowest BCUT2D eigenvalue weighted by Crippen LogP contribution is -2.46. The van der Waals surface area contributed by atoms with E-state index in [0.717, 1.165) is 54.0 Å². The number of carbonyl (C=O) groups excluding carboxylic acids is 1. The fraction of sp³-hybridized carbons (Fsp3) is 0.409. The summed E-state index contributed by atoms with van der Waals surface area (Å²) in [5.41, 5.74) is 3.15. The number of benzene rings is 1. The third-order valence-corrected chi connectivity index (χ3v) is 7.24. The Bertz CT molecular complexity index is 958. The molecule has 1 aliphatic heterocycles. The van der Waals surface area contributed by atoms with Crippen molar-refractivity contribution >= 4 is 33.7 Å². The zero-order chi connectivity index (χ0) is 20.3. The van der Waals surface area contributed by atoms with Crippen LogP contribution in [0.1, 0.15) is 41.7 Å². The monoisotopic (exact) mass is 426 g/mol. The SMILES string of the molecule is CCNc1nc(C2(c3ccccc3)CCN(C(=O)Cc3csc(C)n3)CC2)cs1. The third-order valence-electron chi connectivity index (χ3n) is 5.62. The van der Waals surface area contributed by atoms with Crippen LogP contribution in [0.5, 0.6) is 0 Å². The molecule has 1 aromatic carbocycles. The summed E-state index contributed by atoms with van der Waals surface area (Å²) >= 11 is 3.26. The summed E-state index contributed by atoms with van der Waals surface area (Å²) in [7, 11) is 0. The van der Waals surface area contributed by atoms with Crippen molar-refractivity contribution < 1.29 is 4.79 Å². The average Bonchev–Trinajstić information content (AvgIpc) is 3.38. The van der Waals surface area contributed by atoms with Gasteiger partial charge in [0.15, 0.2) is 5.13 Å². The van der Waals surface area contributed by atoms with Crippen LogP contribution in [0.25, 0.3) is 0 Å². The molecule has 0 radical (unpaired) electrons. The second-order valence-electron chi connectivity index (χ2n) is 7.43. The number of nitrogens with one attached hydrogen (secondary N) is 1. The van der Waals surface area contributed by atoms with E-state index in [-0.39, 0.29) is 11.3 Å². The average molecular weight is 427 g/mol. The Labute approximate surface area is 179 Å². The van der Waals surface area contributed by atoms with Gasteiger partial charge in [0, 0.05) is 35.8 Å². The molecule has 0 aliphatic carbocycles. The molecule has 152 valence electrons. The molecule has 4 rings (SSSR count). The molecule has 1 N–H and O–H groups in total. The van der Waals surface area contributed by atoms with E-state index < -0.39 is 0 Å². The summed E-state index contributed by atoms with van der Waals surface area (Å²) in [6.45, 7) is 6.41. The first-order chi connectivity index (χ1) is 14.1. The number of anilines is 1. The summed E-state index contributed by atoms with van der Waals surface area (Å²) in [4.78, 5) is 24.2. The number of piperidine rings is 1. The van der Waals surface area contributed by atoms with Crippen molar-refractivity contribution in [2.45, 2.75) is 38.5 Å². The Kier molecular flexibility index (Phi) is 5.96. The van der Waals surface area contributed by atoms with Crippen LogP contribution in [0.3, 0.4) is 0 Å². The molecule has 3 heterocycles. The van der Waals surface area contributed by atoms with Crippen molar-refractivity contribution in [1.29, 1.82) is 0 Å². The van der Waals surface area contributed by atoms with Crippen LogP contribution in [-0.2, 0) is 16.6 Å². The molecule has 3 aromatic rings. The molecule has 0 spiro atoms. The number of aromatic nitrogens is 2. The van der Waals surface area contributed by atoms with Crippen molar-refractivity contribution in [2.24, 2.45) is 0 Å². The van der Waals surface area contributed by atoms with E-state index in [2.05, 4.69) is 52.9 Å². The van der Waals surface area contributed by atoms with Gasteiger partial charge in [0.25, 0.3) is 0 Å². The van der Waals surface area contributed by atoms with Crippen molar-refractivity contribution in [3.63, 3.8) is 0 Å². The van der Waals surface area contributed by atoms with Gasteiger partial charge in [-0.1, -0.05) is 30.3 Å². The van der Waals surface area contributed by atoms with Crippen LogP contribution in [0.4, 0.5) is 5.13 Å². The fourth-order valence-electron chi connectivity index (χ4n) is 4.07. The molecule has 1 aliphatic rings. The van der Waals surface area contributed by atoms with Gasteiger partial charge in [0.05, 0.1) is 22.8 Å². The molecule has 7 heteroatoms. The summed E-state index contributed by atoms with van der Waals surface area (Å²) in [6.07, 6.45) is 2.16. The highest BCUT2D eigenvalue weighted by Crippen LogP contribution is 2.42. The van der Waals surface area contributed by atoms with Crippen LogP contribution in [0.2, 0.25) is 0 Å². The second kappa shape index (κ2) is 8.63. The molecular weight excluding hydrogens is 400 g/mol. The van der Waals surface area contributed by atoms with Gasteiger partial charge in [-0.3, -0.25) is 4.79 Å². The fourth-order valence-corrected chi connectivity index (χ4v) is 5.56. The van der Waals surface area contributed by atoms with Gasteiger partial charge in [-0.25, -0.2) is 9.97 Å². The van der Waals surface area contributed by atoms with Gasteiger partial charge in [0.1, 0.15) is 0 Å². The molecule has 2 aromatic heterocycles. The first kappa shape index (κ1) is 20.0. The molecule has 1 fully saturated rings. The zero-order valence-electron chi connectivity index (χ0n) is 16.9. The number of aryl methyl sites for hydroxylation is 1. The van der Waals surface area contributed by atoms with Crippen molar-refractivity contribution in [2.75, 3.05) is 25.0 Å². The van der Waals surface area contributed by atoms with Crippen LogP contribution in [0.15, 0.2) is 41.1 Å². The lowest BCUT2D eigenvalue weighted by atomic mass is 9.70. The van der Waals surface area contributed by atoms with Gasteiger partial charge >= 0.3 is 0 Å². The first-order valence-corrected chi connectivity index (χ1v) is 11.8. The van der Waals surface area contributed by atoms with Crippen molar-refractivity contribution in [3.05, 3.63) is 63.1 Å². The number of nitrogens with zero attached hydrogens (tertiary/aromatic N) is 3. The lowest BCUT2D eigenvalue weighted by molar-refractivity contribution is -0.131. The molecule has 0 bridgehead atoms. The molecule has 29 heavy (non-hydrogen) atoms. The number of likely N-dealkylation sites (tertiary alicyclic amines) is 1. The van der Waals surface area contributed by atoms with Gasteiger partial charge in [-0.05, 0) is 32.3 Å². The molecule has 5 nitrogen and oxygen atoms in total. The van der Waals surface area contributed by atoms with Crippen molar-refractivity contribution in [3.8, 4) is 0 Å². The Morgan fingerprint density at radius 2 is 1.90 bits per heavy atom. The number of thiazole rings is 2. The third kappa shape index (κ3) is 4.21. The maximum absolute atomic E-state index is 12.8. The molecule has 0 atom stereocenters. The zero-order valence-corrected chi connectivity index (χ0v) is 18.5. The van der Waals surface area contributed by atoms with Crippen LogP contribution in [-0.4, -0.2) is 40.4 Å². The second-order valence-corrected chi connectivity index (χ2v) is 9.35. The Balaban J connectivity index is 1.54. The van der Waals surface area contributed by atoms with Crippen LogP contribution >= 0.6 is 22.7 Å². The largest absolute Gasteiger partial charge is 0.362 e. The molecular formula is C22H26N4OS2. The number of hydrogen-bond donors (Lipinski definition) is 1. The van der Waals surface area contributed by atoms with E-state index in [1.807, 2.05) is 17.2 Å². The number of amides is 1. The number of carbonyl (C=O) groups is 1. The Morgan fingerprint density at radius 1 is 1.14 bits per heavy atom. The predicted molar refractivity (Wildman–Crippen MR) is 120 cm³/mol. The number of hydrogen-bond acceptors (Lipinski definition) is 6. The van der Waals surface area contributed by atoms with Crippen LogP contribution < -0.4 is 5.32 Å². The highest BCUT2D eigenvalue weighted by molar-refractivity contribution is 7.13. The van der Waals surface area contributed by atoms with Crippen molar-refractivity contribution in [1.82, 2.24) is 14.9 Å². The normalized spacial score (nSPS) is 16.0. The topological polar surface area (TPSA) is 58.1 Å². The molecule has 0 saturated carbocycles.